The fourth-order valence-corrected chi connectivity index (χ4v) is 3.33. The second-order valence-corrected chi connectivity index (χ2v) is 6.30. The average Bonchev–Trinajstić information content (AvgIpc) is 3.30. The Morgan fingerprint density at radius 3 is 3.00 bits per heavy atom. The Kier molecular flexibility index (Phi) is 3.34. The predicted molar refractivity (Wildman–Crippen MR) is 92.7 cm³/mol. The molecule has 1 aliphatic rings. The van der Waals surface area contributed by atoms with Gasteiger partial charge in [0, 0.05) is 50.2 Å². The Morgan fingerprint density at radius 2 is 2.12 bits per heavy atom. The summed E-state index contributed by atoms with van der Waals surface area (Å²) in [5.74, 6) is 1.38. The third-order valence-corrected chi connectivity index (χ3v) is 4.55. The highest BCUT2D eigenvalue weighted by atomic mass is 16.3. The summed E-state index contributed by atoms with van der Waals surface area (Å²) in [6.45, 7) is 2.65. The van der Waals surface area contributed by atoms with E-state index >= 15 is 0 Å². The van der Waals surface area contributed by atoms with Crippen molar-refractivity contribution >= 4 is 5.65 Å². The maximum atomic E-state index is 5.39. The Balaban J connectivity index is 1.35. The zero-order chi connectivity index (χ0) is 16.6. The van der Waals surface area contributed by atoms with E-state index in [-0.39, 0.29) is 0 Å². The first kappa shape index (κ1) is 14.4. The van der Waals surface area contributed by atoms with E-state index < -0.39 is 0 Å². The van der Waals surface area contributed by atoms with Gasteiger partial charge in [-0.3, -0.25) is 4.90 Å². The summed E-state index contributed by atoms with van der Waals surface area (Å²) in [4.78, 5) is 16.2. The van der Waals surface area contributed by atoms with Gasteiger partial charge < -0.3 is 8.82 Å². The maximum absolute atomic E-state index is 5.39. The van der Waals surface area contributed by atoms with Gasteiger partial charge in [0.1, 0.15) is 5.65 Å². The van der Waals surface area contributed by atoms with Crippen molar-refractivity contribution in [2.24, 2.45) is 0 Å². The molecule has 5 rings (SSSR count). The molecule has 0 saturated carbocycles. The molecule has 0 N–H and O–H groups in total. The number of hydrogen-bond donors (Lipinski definition) is 0. The maximum Gasteiger partial charge on any atom is 0.195 e. The van der Waals surface area contributed by atoms with Crippen LogP contribution in [0.5, 0.6) is 0 Å². The van der Waals surface area contributed by atoms with E-state index in [1.807, 2.05) is 42.7 Å². The molecule has 0 radical (unpaired) electrons. The molecular weight excluding hydrogens is 314 g/mol. The number of furan rings is 1. The highest BCUT2D eigenvalue weighted by Gasteiger charge is 2.20. The molecule has 0 fully saturated rings. The Morgan fingerprint density at radius 1 is 1.12 bits per heavy atom. The molecule has 0 amide bonds. The molecular formula is C19H17N5O. The van der Waals surface area contributed by atoms with Gasteiger partial charge >= 0.3 is 0 Å². The van der Waals surface area contributed by atoms with Crippen LogP contribution in [0, 0.1) is 0 Å². The van der Waals surface area contributed by atoms with Crippen LogP contribution in [0.1, 0.15) is 17.0 Å². The van der Waals surface area contributed by atoms with Crippen LogP contribution < -0.4 is 0 Å². The third kappa shape index (κ3) is 2.70. The quantitative estimate of drug-likeness (QED) is 0.578. The number of aromatic nitrogens is 4. The topological polar surface area (TPSA) is 59.5 Å². The number of imidazole rings is 1. The van der Waals surface area contributed by atoms with Crippen LogP contribution in [-0.2, 0) is 19.5 Å². The van der Waals surface area contributed by atoms with E-state index in [4.69, 9.17) is 4.42 Å². The van der Waals surface area contributed by atoms with Gasteiger partial charge in [-0.15, -0.1) is 0 Å². The molecule has 4 aromatic heterocycles. The summed E-state index contributed by atoms with van der Waals surface area (Å²) in [6.07, 6.45) is 8.62. The van der Waals surface area contributed by atoms with E-state index in [1.165, 1.54) is 5.56 Å². The Hall–Kier alpha value is -2.99. The van der Waals surface area contributed by atoms with Crippen LogP contribution in [-0.4, -0.2) is 30.8 Å². The van der Waals surface area contributed by atoms with Crippen molar-refractivity contribution in [1.82, 2.24) is 24.3 Å². The number of rotatable bonds is 3. The average molecular weight is 331 g/mol. The highest BCUT2D eigenvalue weighted by Crippen LogP contribution is 2.22. The second kappa shape index (κ2) is 5.82. The molecule has 0 atom stereocenters. The van der Waals surface area contributed by atoms with Gasteiger partial charge in [-0.1, -0.05) is 6.07 Å². The van der Waals surface area contributed by atoms with E-state index in [0.29, 0.717) is 5.82 Å². The van der Waals surface area contributed by atoms with Crippen molar-refractivity contribution in [3.63, 3.8) is 0 Å². The van der Waals surface area contributed by atoms with E-state index in [9.17, 15) is 0 Å². The van der Waals surface area contributed by atoms with Gasteiger partial charge in [0.15, 0.2) is 11.6 Å². The molecule has 0 aliphatic carbocycles. The first-order chi connectivity index (χ1) is 12.3. The van der Waals surface area contributed by atoms with Crippen molar-refractivity contribution in [2.75, 3.05) is 6.54 Å². The van der Waals surface area contributed by atoms with E-state index in [0.717, 1.165) is 48.9 Å². The molecule has 1 aliphatic heterocycles. The van der Waals surface area contributed by atoms with Gasteiger partial charge in [0.05, 0.1) is 17.7 Å². The summed E-state index contributed by atoms with van der Waals surface area (Å²) in [5.41, 5.74) is 4.38. The minimum atomic E-state index is 0.664. The zero-order valence-electron chi connectivity index (χ0n) is 13.7. The van der Waals surface area contributed by atoms with Gasteiger partial charge in [-0.25, -0.2) is 15.0 Å². The Labute approximate surface area is 144 Å². The van der Waals surface area contributed by atoms with Gasteiger partial charge in [-0.05, 0) is 24.3 Å². The van der Waals surface area contributed by atoms with Crippen molar-refractivity contribution in [1.29, 1.82) is 0 Å². The van der Waals surface area contributed by atoms with Crippen LogP contribution in [0.3, 0.4) is 0 Å². The number of fused-ring (bicyclic) bond motifs is 2. The summed E-state index contributed by atoms with van der Waals surface area (Å²) in [6, 6.07) is 9.80. The number of hydrogen-bond acceptors (Lipinski definition) is 5. The van der Waals surface area contributed by atoms with Crippen molar-refractivity contribution < 1.29 is 4.42 Å². The molecule has 25 heavy (non-hydrogen) atoms. The fourth-order valence-electron chi connectivity index (χ4n) is 3.33. The van der Waals surface area contributed by atoms with Crippen molar-refractivity contribution in [3.8, 4) is 11.6 Å². The fraction of sp³-hybridized carbons (Fsp3) is 0.211. The minimum Gasteiger partial charge on any atom is -0.461 e. The SMILES string of the molecule is c1coc(-c2ncc3c(n2)CCN(Cc2cn4ccccc4n2)C3)c1. The number of pyridine rings is 1. The van der Waals surface area contributed by atoms with Crippen molar-refractivity contribution in [2.45, 2.75) is 19.5 Å². The smallest absolute Gasteiger partial charge is 0.195 e. The molecule has 0 aromatic carbocycles. The molecule has 0 spiro atoms. The third-order valence-electron chi connectivity index (χ3n) is 4.55. The largest absolute Gasteiger partial charge is 0.461 e. The van der Waals surface area contributed by atoms with Gasteiger partial charge in [0.2, 0.25) is 0 Å². The monoisotopic (exact) mass is 331 g/mol. The predicted octanol–water partition coefficient (Wildman–Crippen LogP) is 2.94. The summed E-state index contributed by atoms with van der Waals surface area (Å²) >= 11 is 0. The lowest BCUT2D eigenvalue weighted by Gasteiger charge is -2.27. The Bertz CT molecular complexity index is 988. The van der Waals surface area contributed by atoms with Crippen LogP contribution >= 0.6 is 0 Å². The number of nitrogens with zero attached hydrogens (tertiary/aromatic N) is 5. The standard InChI is InChI=1S/C19H17N5O/c1-2-7-24-13-15(21-18(24)5-1)12-23-8-6-16-14(11-23)10-20-19(22-16)17-4-3-9-25-17/h1-5,7,9-10,13H,6,8,11-12H2. The van der Waals surface area contributed by atoms with Crippen LogP contribution in [0.2, 0.25) is 0 Å². The van der Waals surface area contributed by atoms with E-state index in [1.54, 1.807) is 6.26 Å². The first-order valence-corrected chi connectivity index (χ1v) is 8.39. The highest BCUT2D eigenvalue weighted by molar-refractivity contribution is 5.47. The van der Waals surface area contributed by atoms with Crippen LogP contribution in [0.25, 0.3) is 17.2 Å². The molecule has 6 nitrogen and oxygen atoms in total. The van der Waals surface area contributed by atoms with Gasteiger partial charge in [0.25, 0.3) is 0 Å². The normalized spacial score (nSPS) is 14.7. The molecule has 0 unspecified atom stereocenters. The molecule has 124 valence electrons. The molecule has 6 heteroatoms. The summed E-state index contributed by atoms with van der Waals surface area (Å²) < 4.78 is 7.45. The van der Waals surface area contributed by atoms with Crippen molar-refractivity contribution in [3.05, 3.63) is 72.1 Å². The molecule has 0 saturated heterocycles. The summed E-state index contributed by atoms with van der Waals surface area (Å²) in [5, 5.41) is 0. The second-order valence-electron chi connectivity index (χ2n) is 6.30. The van der Waals surface area contributed by atoms with Crippen LogP contribution in [0.4, 0.5) is 0 Å². The zero-order valence-corrected chi connectivity index (χ0v) is 13.7. The molecule has 4 aromatic rings. The lowest BCUT2D eigenvalue weighted by Crippen LogP contribution is -2.31. The first-order valence-electron chi connectivity index (χ1n) is 8.39. The minimum absolute atomic E-state index is 0.664. The molecule has 5 heterocycles. The summed E-state index contributed by atoms with van der Waals surface area (Å²) in [7, 11) is 0. The lowest BCUT2D eigenvalue weighted by atomic mass is 10.1. The molecule has 0 bridgehead atoms. The van der Waals surface area contributed by atoms with Gasteiger partial charge in [-0.2, -0.15) is 0 Å². The lowest BCUT2D eigenvalue weighted by molar-refractivity contribution is 0.240. The van der Waals surface area contributed by atoms with Crippen LogP contribution in [0.15, 0.2) is 59.6 Å². The van der Waals surface area contributed by atoms with E-state index in [2.05, 4.69) is 30.4 Å².